The molecule has 0 aliphatic rings. The van der Waals surface area contributed by atoms with Crippen molar-refractivity contribution in [3.8, 4) is 0 Å². The zero-order chi connectivity index (χ0) is 20.3. The molecule has 0 bridgehead atoms. The zero-order valence-corrected chi connectivity index (χ0v) is 14.1. The van der Waals surface area contributed by atoms with Gasteiger partial charge in [-0.15, -0.1) is 0 Å². The van der Waals surface area contributed by atoms with Gasteiger partial charge in [0.05, 0.1) is 19.1 Å². The van der Waals surface area contributed by atoms with E-state index < -0.39 is 54.8 Å². The lowest BCUT2D eigenvalue weighted by Gasteiger charge is -2.21. The van der Waals surface area contributed by atoms with Crippen LogP contribution in [0.15, 0.2) is 4.99 Å². The van der Waals surface area contributed by atoms with E-state index in [2.05, 4.69) is 10.3 Å². The number of carbonyl (C=O) groups excluding carboxylic acids is 3. The first-order valence-electron chi connectivity index (χ1n) is 7.62. The summed E-state index contributed by atoms with van der Waals surface area (Å²) in [4.78, 5) is 49.7. The first kappa shape index (κ1) is 23.1. The molecule has 0 saturated carbocycles. The molecule has 0 heterocycles. The second kappa shape index (κ2) is 11.6. The van der Waals surface area contributed by atoms with E-state index in [0.29, 0.717) is 6.42 Å². The number of carboxylic acids is 1. The quantitative estimate of drug-likeness (QED) is 0.0924. The van der Waals surface area contributed by atoms with Crippen molar-refractivity contribution in [3.63, 3.8) is 0 Å². The highest BCUT2D eigenvalue weighted by atomic mass is 16.4. The number of nitrogens with zero attached hydrogens (tertiary/aromatic N) is 1. The van der Waals surface area contributed by atoms with Gasteiger partial charge in [0, 0.05) is 6.54 Å². The van der Waals surface area contributed by atoms with Crippen LogP contribution in [0.2, 0.25) is 0 Å². The predicted molar refractivity (Wildman–Crippen MR) is 90.3 cm³/mol. The number of carbonyl (C=O) groups is 4. The Labute approximate surface area is 149 Å². The first-order chi connectivity index (χ1) is 12.1. The van der Waals surface area contributed by atoms with Gasteiger partial charge >= 0.3 is 5.97 Å². The minimum Gasteiger partial charge on any atom is -0.480 e. The van der Waals surface area contributed by atoms with Crippen LogP contribution in [0.3, 0.4) is 0 Å². The monoisotopic (exact) mass is 375 g/mol. The van der Waals surface area contributed by atoms with E-state index in [1.54, 1.807) is 0 Å². The molecule has 13 nitrogen and oxygen atoms in total. The number of aliphatic hydroxyl groups excluding tert-OH is 1. The summed E-state index contributed by atoms with van der Waals surface area (Å²) in [6.07, 6.45) is 0.0166. The molecule has 0 rings (SSSR count). The third-order valence-corrected chi connectivity index (χ3v) is 3.14. The van der Waals surface area contributed by atoms with Crippen LogP contribution in [-0.2, 0) is 19.2 Å². The molecule has 148 valence electrons. The summed E-state index contributed by atoms with van der Waals surface area (Å²) >= 11 is 0. The molecule has 12 N–H and O–H groups in total. The third kappa shape index (κ3) is 9.39. The largest absolute Gasteiger partial charge is 0.480 e. The van der Waals surface area contributed by atoms with E-state index >= 15 is 0 Å². The van der Waals surface area contributed by atoms with Crippen molar-refractivity contribution in [2.75, 3.05) is 13.2 Å². The number of hydrogen-bond donors (Lipinski definition) is 8. The Morgan fingerprint density at radius 1 is 1.00 bits per heavy atom. The van der Waals surface area contributed by atoms with Gasteiger partial charge in [0.25, 0.3) is 0 Å². The molecule has 0 saturated heterocycles. The maximum absolute atomic E-state index is 12.1. The van der Waals surface area contributed by atoms with Gasteiger partial charge in [-0.05, 0) is 12.8 Å². The molecule has 0 fully saturated rings. The Balaban J connectivity index is 4.79. The first-order valence-corrected chi connectivity index (χ1v) is 7.62. The van der Waals surface area contributed by atoms with Gasteiger partial charge in [0.2, 0.25) is 17.7 Å². The number of nitrogens with two attached hydrogens (primary N) is 4. The summed E-state index contributed by atoms with van der Waals surface area (Å²) in [6, 6.07) is -4.04. The van der Waals surface area contributed by atoms with Crippen LogP contribution in [-0.4, -0.2) is 71.1 Å². The summed E-state index contributed by atoms with van der Waals surface area (Å²) in [6.45, 7) is -0.617. The minimum absolute atomic E-state index is 0.0990. The zero-order valence-electron chi connectivity index (χ0n) is 14.1. The number of nitrogens with one attached hydrogen (secondary N) is 2. The van der Waals surface area contributed by atoms with Crippen molar-refractivity contribution in [1.82, 2.24) is 10.6 Å². The van der Waals surface area contributed by atoms with Gasteiger partial charge in [-0.25, -0.2) is 4.79 Å². The molecule has 0 aromatic carbocycles. The molecule has 0 spiro atoms. The average molecular weight is 375 g/mol. The Morgan fingerprint density at radius 2 is 1.58 bits per heavy atom. The maximum Gasteiger partial charge on any atom is 0.328 e. The van der Waals surface area contributed by atoms with E-state index in [-0.39, 0.29) is 18.9 Å². The lowest BCUT2D eigenvalue weighted by molar-refractivity contribution is -0.143. The Morgan fingerprint density at radius 3 is 2.04 bits per heavy atom. The smallest absolute Gasteiger partial charge is 0.328 e. The molecular formula is C13H25N7O6. The topological polar surface area (TPSA) is 249 Å². The molecule has 0 aliphatic heterocycles. The Bertz CT molecular complexity index is 549. The van der Waals surface area contributed by atoms with Gasteiger partial charge in [-0.3, -0.25) is 19.4 Å². The second-order valence-electron chi connectivity index (χ2n) is 5.37. The van der Waals surface area contributed by atoms with Gasteiger partial charge in [-0.2, -0.15) is 0 Å². The fraction of sp³-hybridized carbons (Fsp3) is 0.615. The number of rotatable bonds is 12. The Kier molecular flexibility index (Phi) is 10.3. The fourth-order valence-electron chi connectivity index (χ4n) is 1.80. The standard InChI is InChI=1S/C13H25N7O6/c14-6(2-1-3-18-13(16)17)10(23)19-7(4-9(15)22)11(24)20-8(5-21)12(25)26/h6-8,21H,1-5,14H2,(H2,15,22)(H,19,23)(H,20,24)(H,25,26)(H4,16,17,18). The molecule has 0 aromatic rings. The van der Waals surface area contributed by atoms with Crippen LogP contribution in [0.1, 0.15) is 19.3 Å². The van der Waals surface area contributed by atoms with Crippen molar-refractivity contribution in [2.45, 2.75) is 37.4 Å². The molecular weight excluding hydrogens is 350 g/mol. The third-order valence-electron chi connectivity index (χ3n) is 3.14. The van der Waals surface area contributed by atoms with Crippen LogP contribution in [0.5, 0.6) is 0 Å². The van der Waals surface area contributed by atoms with E-state index in [9.17, 15) is 19.2 Å². The lowest BCUT2D eigenvalue weighted by atomic mass is 10.1. The highest BCUT2D eigenvalue weighted by Crippen LogP contribution is 1.99. The van der Waals surface area contributed by atoms with Gasteiger partial charge in [0.1, 0.15) is 12.1 Å². The van der Waals surface area contributed by atoms with Gasteiger partial charge < -0.3 is 43.8 Å². The minimum atomic E-state index is -1.59. The van der Waals surface area contributed by atoms with Gasteiger partial charge in [0.15, 0.2) is 5.96 Å². The maximum atomic E-state index is 12.1. The number of aliphatic imine (C=N–C) groups is 1. The van der Waals surface area contributed by atoms with Gasteiger partial charge in [-0.1, -0.05) is 0 Å². The summed E-state index contributed by atoms with van der Waals surface area (Å²) in [5.41, 5.74) is 21.0. The second-order valence-corrected chi connectivity index (χ2v) is 5.37. The molecule has 13 heteroatoms. The van der Waals surface area contributed by atoms with Crippen molar-refractivity contribution < 1.29 is 29.4 Å². The number of guanidine groups is 1. The van der Waals surface area contributed by atoms with E-state index in [1.165, 1.54) is 0 Å². The van der Waals surface area contributed by atoms with Crippen molar-refractivity contribution in [2.24, 2.45) is 27.9 Å². The van der Waals surface area contributed by atoms with Crippen molar-refractivity contribution >= 4 is 29.7 Å². The number of aliphatic hydroxyl groups is 1. The van der Waals surface area contributed by atoms with Crippen LogP contribution in [0.25, 0.3) is 0 Å². The van der Waals surface area contributed by atoms with E-state index in [4.69, 9.17) is 33.1 Å². The van der Waals surface area contributed by atoms with Crippen LogP contribution in [0, 0.1) is 0 Å². The normalized spacial score (nSPS) is 13.8. The van der Waals surface area contributed by atoms with E-state index in [0.717, 1.165) is 0 Å². The lowest BCUT2D eigenvalue weighted by Crippen LogP contribution is -2.56. The number of primary amides is 1. The van der Waals surface area contributed by atoms with Crippen molar-refractivity contribution in [1.29, 1.82) is 0 Å². The van der Waals surface area contributed by atoms with Crippen LogP contribution < -0.4 is 33.6 Å². The van der Waals surface area contributed by atoms with Crippen molar-refractivity contribution in [3.05, 3.63) is 0 Å². The molecule has 26 heavy (non-hydrogen) atoms. The van der Waals surface area contributed by atoms with Crippen LogP contribution >= 0.6 is 0 Å². The molecule has 3 unspecified atom stereocenters. The molecule has 0 radical (unpaired) electrons. The Hall–Kier alpha value is -2.93. The molecule has 0 aliphatic carbocycles. The summed E-state index contributed by atoms with van der Waals surface area (Å²) in [5, 5.41) is 21.9. The number of amides is 3. The number of hydrogen-bond acceptors (Lipinski definition) is 7. The van der Waals surface area contributed by atoms with E-state index in [1.807, 2.05) is 5.32 Å². The highest BCUT2D eigenvalue weighted by Gasteiger charge is 2.28. The molecule has 3 atom stereocenters. The number of aliphatic carboxylic acids is 1. The summed E-state index contributed by atoms with van der Waals surface area (Å²) in [5.74, 6) is -4.22. The fourth-order valence-corrected chi connectivity index (χ4v) is 1.80. The predicted octanol–water partition coefficient (Wildman–Crippen LogP) is -4.71. The SMILES string of the molecule is NC(=O)CC(NC(=O)C(N)CCCN=C(N)N)C(=O)NC(CO)C(=O)O. The summed E-state index contributed by atoms with van der Waals surface area (Å²) in [7, 11) is 0. The molecule has 3 amide bonds. The average Bonchev–Trinajstić information content (AvgIpc) is 2.54. The number of carboxylic acid groups (broad SMARTS) is 1. The van der Waals surface area contributed by atoms with Crippen LogP contribution in [0.4, 0.5) is 0 Å². The highest BCUT2D eigenvalue weighted by molar-refractivity contribution is 5.94. The summed E-state index contributed by atoms with van der Waals surface area (Å²) < 4.78 is 0. The molecule has 0 aromatic heterocycles.